The smallest absolute Gasteiger partial charge is 0.231 e. The molecule has 1 heterocycles. The van der Waals surface area contributed by atoms with E-state index in [0.717, 1.165) is 35.0 Å². The van der Waals surface area contributed by atoms with E-state index in [2.05, 4.69) is 0 Å². The van der Waals surface area contributed by atoms with Crippen LogP contribution >= 0.6 is 11.8 Å². The highest BCUT2D eigenvalue weighted by Gasteiger charge is 2.13. The van der Waals surface area contributed by atoms with Gasteiger partial charge in [-0.3, -0.25) is 0 Å². The fraction of sp³-hybridized carbons (Fsp3) is 0.333. The lowest BCUT2D eigenvalue weighted by molar-refractivity contribution is 0.173. The van der Waals surface area contributed by atoms with Crippen LogP contribution in [0.4, 0.5) is 0 Å². The van der Waals surface area contributed by atoms with Gasteiger partial charge in [0.2, 0.25) is 6.79 Å². The van der Waals surface area contributed by atoms with Crippen molar-refractivity contribution in [3.8, 4) is 17.2 Å². The predicted molar refractivity (Wildman–Crippen MR) is 91.4 cm³/mol. The minimum Gasteiger partial charge on any atom is -0.493 e. The van der Waals surface area contributed by atoms with Crippen LogP contribution in [-0.2, 0) is 0 Å². The normalized spacial score (nSPS) is 13.8. The molecular formula is C18H20O4S. The number of aliphatic hydroxyl groups is 1. The van der Waals surface area contributed by atoms with Gasteiger partial charge in [0.1, 0.15) is 5.75 Å². The first-order chi connectivity index (χ1) is 11.3. The Hall–Kier alpha value is -1.85. The van der Waals surface area contributed by atoms with E-state index >= 15 is 0 Å². The highest BCUT2D eigenvalue weighted by atomic mass is 32.2. The number of hydrogen-bond donors (Lipinski definition) is 1. The molecule has 0 aromatic heterocycles. The average Bonchev–Trinajstić information content (AvgIpc) is 3.06. The van der Waals surface area contributed by atoms with Crippen LogP contribution in [0, 0.1) is 0 Å². The topological polar surface area (TPSA) is 47.9 Å². The van der Waals surface area contributed by atoms with Crippen LogP contribution in [0.2, 0.25) is 0 Å². The van der Waals surface area contributed by atoms with E-state index < -0.39 is 6.10 Å². The van der Waals surface area contributed by atoms with Crippen LogP contribution in [0.25, 0.3) is 0 Å². The summed E-state index contributed by atoms with van der Waals surface area (Å²) >= 11 is 1.74. The summed E-state index contributed by atoms with van der Waals surface area (Å²) in [4.78, 5) is 0. The zero-order valence-corrected chi connectivity index (χ0v) is 13.6. The lowest BCUT2D eigenvalue weighted by Gasteiger charge is -2.11. The molecule has 0 aliphatic carbocycles. The molecule has 0 spiro atoms. The standard InChI is InChI=1S/C18H20O4S/c19-16(14-5-2-1-3-6-14)12-23-10-4-9-20-15-7-8-17-18(11-15)22-13-21-17/h1-3,5-8,11,16,19H,4,9-10,12-13H2. The Morgan fingerprint density at radius 1 is 1.09 bits per heavy atom. The summed E-state index contributed by atoms with van der Waals surface area (Å²) in [6, 6.07) is 15.4. The van der Waals surface area contributed by atoms with Gasteiger partial charge in [-0.05, 0) is 29.9 Å². The molecule has 0 radical (unpaired) electrons. The summed E-state index contributed by atoms with van der Waals surface area (Å²) in [5.74, 6) is 3.96. The number of thioether (sulfide) groups is 1. The molecule has 0 saturated carbocycles. The van der Waals surface area contributed by atoms with Crippen molar-refractivity contribution in [1.82, 2.24) is 0 Å². The fourth-order valence-electron chi connectivity index (χ4n) is 2.28. The van der Waals surface area contributed by atoms with Gasteiger partial charge in [0.15, 0.2) is 11.5 Å². The van der Waals surface area contributed by atoms with Crippen LogP contribution in [0.5, 0.6) is 17.2 Å². The maximum atomic E-state index is 10.1. The molecule has 1 aliphatic rings. The number of benzene rings is 2. The first-order valence-electron chi connectivity index (χ1n) is 7.66. The third-order valence-corrected chi connectivity index (χ3v) is 4.63. The number of ether oxygens (including phenoxy) is 3. The second kappa shape index (κ2) is 8.13. The summed E-state index contributed by atoms with van der Waals surface area (Å²) in [6.07, 6.45) is 0.525. The maximum Gasteiger partial charge on any atom is 0.231 e. The second-order valence-corrected chi connectivity index (χ2v) is 6.37. The number of hydrogen-bond acceptors (Lipinski definition) is 5. The lowest BCUT2D eigenvalue weighted by atomic mass is 10.1. The van der Waals surface area contributed by atoms with Crippen LogP contribution < -0.4 is 14.2 Å². The van der Waals surface area contributed by atoms with E-state index in [1.165, 1.54) is 0 Å². The highest BCUT2D eigenvalue weighted by molar-refractivity contribution is 7.99. The van der Waals surface area contributed by atoms with Gasteiger partial charge in [-0.2, -0.15) is 11.8 Å². The van der Waals surface area contributed by atoms with Gasteiger partial charge in [-0.1, -0.05) is 30.3 Å². The Balaban J connectivity index is 1.31. The van der Waals surface area contributed by atoms with Crippen molar-refractivity contribution in [1.29, 1.82) is 0 Å². The lowest BCUT2D eigenvalue weighted by Crippen LogP contribution is -2.03. The van der Waals surface area contributed by atoms with Gasteiger partial charge in [0, 0.05) is 11.8 Å². The quantitative estimate of drug-likeness (QED) is 0.748. The molecule has 1 atom stereocenters. The van der Waals surface area contributed by atoms with Gasteiger partial charge in [0.25, 0.3) is 0 Å². The van der Waals surface area contributed by atoms with Crippen molar-refractivity contribution >= 4 is 11.8 Å². The Labute approximate surface area is 140 Å². The average molecular weight is 332 g/mol. The summed E-state index contributed by atoms with van der Waals surface area (Å²) in [7, 11) is 0. The Morgan fingerprint density at radius 2 is 1.91 bits per heavy atom. The molecule has 3 rings (SSSR count). The zero-order chi connectivity index (χ0) is 15.9. The molecule has 0 saturated heterocycles. The minimum atomic E-state index is -0.407. The molecule has 1 unspecified atom stereocenters. The largest absolute Gasteiger partial charge is 0.493 e. The third-order valence-electron chi connectivity index (χ3n) is 3.51. The molecule has 5 heteroatoms. The van der Waals surface area contributed by atoms with Crippen molar-refractivity contribution in [2.24, 2.45) is 0 Å². The second-order valence-electron chi connectivity index (χ2n) is 5.22. The van der Waals surface area contributed by atoms with E-state index in [1.54, 1.807) is 11.8 Å². The van der Waals surface area contributed by atoms with Crippen LogP contribution in [-0.4, -0.2) is 30.0 Å². The van der Waals surface area contributed by atoms with E-state index in [4.69, 9.17) is 14.2 Å². The Bertz CT molecular complexity index is 618. The summed E-state index contributed by atoms with van der Waals surface area (Å²) in [5, 5.41) is 10.1. The van der Waals surface area contributed by atoms with Crippen molar-refractivity contribution in [2.45, 2.75) is 12.5 Å². The molecule has 0 bridgehead atoms. The van der Waals surface area contributed by atoms with E-state index in [0.29, 0.717) is 12.4 Å². The molecule has 1 aliphatic heterocycles. The molecule has 2 aromatic carbocycles. The van der Waals surface area contributed by atoms with E-state index in [1.807, 2.05) is 48.5 Å². The van der Waals surface area contributed by atoms with Gasteiger partial charge < -0.3 is 19.3 Å². The van der Waals surface area contributed by atoms with Gasteiger partial charge in [-0.15, -0.1) is 0 Å². The minimum absolute atomic E-state index is 0.277. The SMILES string of the molecule is OC(CSCCCOc1ccc2c(c1)OCO2)c1ccccc1. The predicted octanol–water partition coefficient (Wildman–Crippen LogP) is 3.65. The molecule has 1 N–H and O–H groups in total. The summed E-state index contributed by atoms with van der Waals surface area (Å²) in [6.45, 7) is 0.924. The van der Waals surface area contributed by atoms with Gasteiger partial charge in [0.05, 0.1) is 12.7 Å². The van der Waals surface area contributed by atoms with Gasteiger partial charge >= 0.3 is 0 Å². The zero-order valence-electron chi connectivity index (χ0n) is 12.8. The Kier molecular flexibility index (Phi) is 5.66. The van der Waals surface area contributed by atoms with E-state index in [9.17, 15) is 5.11 Å². The van der Waals surface area contributed by atoms with Crippen LogP contribution in [0.15, 0.2) is 48.5 Å². The molecular weight excluding hydrogens is 312 g/mol. The van der Waals surface area contributed by atoms with Crippen LogP contribution in [0.3, 0.4) is 0 Å². The molecule has 0 amide bonds. The molecule has 23 heavy (non-hydrogen) atoms. The van der Waals surface area contributed by atoms with Crippen molar-refractivity contribution in [3.63, 3.8) is 0 Å². The number of aliphatic hydroxyl groups excluding tert-OH is 1. The molecule has 2 aromatic rings. The number of fused-ring (bicyclic) bond motifs is 1. The summed E-state index contributed by atoms with van der Waals surface area (Å²) in [5.41, 5.74) is 0.969. The van der Waals surface area contributed by atoms with Gasteiger partial charge in [-0.25, -0.2) is 0 Å². The first-order valence-corrected chi connectivity index (χ1v) is 8.81. The first kappa shape index (κ1) is 16.0. The fourth-order valence-corrected chi connectivity index (χ4v) is 3.19. The van der Waals surface area contributed by atoms with Crippen LogP contribution in [0.1, 0.15) is 18.1 Å². The highest BCUT2D eigenvalue weighted by Crippen LogP contribution is 2.35. The van der Waals surface area contributed by atoms with E-state index in [-0.39, 0.29) is 6.79 Å². The van der Waals surface area contributed by atoms with Crippen molar-refractivity contribution in [3.05, 3.63) is 54.1 Å². The third kappa shape index (κ3) is 4.56. The Morgan fingerprint density at radius 3 is 2.78 bits per heavy atom. The molecule has 0 fully saturated rings. The monoisotopic (exact) mass is 332 g/mol. The molecule has 4 nitrogen and oxygen atoms in total. The summed E-state index contributed by atoms with van der Waals surface area (Å²) < 4.78 is 16.3. The van der Waals surface area contributed by atoms with Crippen molar-refractivity contribution in [2.75, 3.05) is 24.9 Å². The van der Waals surface area contributed by atoms with Crippen molar-refractivity contribution < 1.29 is 19.3 Å². The molecule has 122 valence electrons. The maximum absolute atomic E-state index is 10.1. The number of rotatable bonds is 8.